The van der Waals surface area contributed by atoms with Crippen LogP contribution in [0.1, 0.15) is 38.9 Å². The Morgan fingerprint density at radius 2 is 1.77 bits per heavy atom. The van der Waals surface area contributed by atoms with Crippen LogP contribution >= 0.6 is 34.2 Å². The summed E-state index contributed by atoms with van der Waals surface area (Å²) in [5.74, 6) is -1.31. The number of nitrogens with one attached hydrogen (secondary N) is 2. The highest BCUT2D eigenvalue weighted by atomic mass is 127. The number of ether oxygens (including phenoxy) is 2. The number of halogens is 5. The van der Waals surface area contributed by atoms with Crippen LogP contribution < -0.4 is 14.9 Å². The summed E-state index contributed by atoms with van der Waals surface area (Å²) in [5, 5.41) is 5.41. The van der Waals surface area contributed by atoms with Crippen molar-refractivity contribution in [2.75, 3.05) is 6.61 Å². The predicted molar refractivity (Wildman–Crippen MR) is 171 cm³/mol. The molecule has 224 valence electrons. The lowest BCUT2D eigenvalue weighted by Gasteiger charge is -2.12. The number of hydrogen-bond acceptors (Lipinski definition) is 5. The zero-order valence-electron chi connectivity index (χ0n) is 22.8. The molecule has 0 saturated carbocycles. The predicted octanol–water partition coefficient (Wildman–Crippen LogP) is 8.49. The lowest BCUT2D eigenvalue weighted by Crippen LogP contribution is -2.19. The zero-order chi connectivity index (χ0) is 31.4. The number of nitrogens with zero attached hydrogens (tertiary/aromatic N) is 1. The molecule has 4 aromatic carbocycles. The van der Waals surface area contributed by atoms with Crippen LogP contribution in [0.3, 0.4) is 0 Å². The second kappa shape index (κ2) is 13.1. The molecule has 12 heteroatoms. The topological polar surface area (TPSA) is 92.8 Å². The average Bonchev–Trinajstić information content (AvgIpc) is 3.39. The number of carbonyl (C=O) groups is 2. The maximum Gasteiger partial charge on any atom is 0.416 e. The smallest absolute Gasteiger partial charge is 0.416 e. The van der Waals surface area contributed by atoms with E-state index in [1.807, 2.05) is 36.4 Å². The standard InChI is InChI=1S/C32H22ClF3IN3O4/c1-2-43-26-15-18(13-14-25(26)44-31(42)19-7-5-8-20(16-19)32(34,35)36)17-38-40-30(41)29-27(21-9-3-4-11-23(21)33)22-10-6-12-24(37)28(22)39-29/h3-17,39H,2H2,1H3,(H,40,41). The average molecular weight is 732 g/mol. The van der Waals surface area contributed by atoms with Crippen LogP contribution in [0.2, 0.25) is 5.02 Å². The lowest BCUT2D eigenvalue weighted by molar-refractivity contribution is -0.137. The molecule has 0 fully saturated rings. The molecule has 0 saturated heterocycles. The van der Waals surface area contributed by atoms with Crippen LogP contribution in [0.5, 0.6) is 11.5 Å². The molecule has 0 aliphatic heterocycles. The van der Waals surface area contributed by atoms with Gasteiger partial charge in [-0.3, -0.25) is 4.79 Å². The van der Waals surface area contributed by atoms with E-state index in [1.165, 1.54) is 24.4 Å². The first-order valence-corrected chi connectivity index (χ1v) is 14.6. The summed E-state index contributed by atoms with van der Waals surface area (Å²) in [5.41, 5.74) is 4.18. The molecular weight excluding hydrogens is 710 g/mol. The van der Waals surface area contributed by atoms with E-state index in [0.717, 1.165) is 32.7 Å². The van der Waals surface area contributed by atoms with E-state index in [1.54, 1.807) is 19.1 Å². The fourth-order valence-electron chi connectivity index (χ4n) is 4.46. The van der Waals surface area contributed by atoms with Gasteiger partial charge in [-0.25, -0.2) is 10.2 Å². The summed E-state index contributed by atoms with van der Waals surface area (Å²) in [6.07, 6.45) is -3.23. The highest BCUT2D eigenvalue weighted by Crippen LogP contribution is 2.38. The monoisotopic (exact) mass is 731 g/mol. The molecular formula is C32H22ClF3IN3O4. The molecule has 2 N–H and O–H groups in total. The number of carbonyl (C=O) groups excluding carboxylic acids is 2. The molecule has 0 atom stereocenters. The number of H-pyrrole nitrogens is 1. The molecule has 7 nitrogen and oxygen atoms in total. The van der Waals surface area contributed by atoms with E-state index in [9.17, 15) is 22.8 Å². The van der Waals surface area contributed by atoms with Gasteiger partial charge in [0.2, 0.25) is 0 Å². The summed E-state index contributed by atoms with van der Waals surface area (Å²) in [7, 11) is 0. The Morgan fingerprint density at radius 1 is 1.00 bits per heavy atom. The van der Waals surface area contributed by atoms with Crippen molar-refractivity contribution in [3.8, 4) is 22.6 Å². The number of benzene rings is 4. The van der Waals surface area contributed by atoms with Gasteiger partial charge in [0.05, 0.1) is 29.5 Å². The number of rotatable bonds is 8. The normalized spacial score (nSPS) is 11.6. The van der Waals surface area contributed by atoms with Gasteiger partial charge < -0.3 is 14.5 Å². The van der Waals surface area contributed by atoms with Crippen molar-refractivity contribution in [3.63, 3.8) is 0 Å². The minimum atomic E-state index is -4.60. The van der Waals surface area contributed by atoms with Crippen molar-refractivity contribution < 1.29 is 32.2 Å². The molecule has 0 aliphatic carbocycles. The Balaban J connectivity index is 1.37. The third kappa shape index (κ3) is 6.73. The molecule has 5 aromatic rings. The Kier molecular flexibility index (Phi) is 9.25. The Hall–Kier alpha value is -4.36. The molecule has 1 amide bonds. The zero-order valence-corrected chi connectivity index (χ0v) is 25.8. The fourth-order valence-corrected chi connectivity index (χ4v) is 5.32. The number of hydrogen-bond donors (Lipinski definition) is 2. The van der Waals surface area contributed by atoms with Gasteiger partial charge in [-0.05, 0) is 83.6 Å². The van der Waals surface area contributed by atoms with Crippen LogP contribution in [-0.2, 0) is 6.18 Å². The summed E-state index contributed by atoms with van der Waals surface area (Å²) < 4.78 is 51.1. The minimum absolute atomic E-state index is 0.00695. The van der Waals surface area contributed by atoms with E-state index in [-0.39, 0.29) is 29.4 Å². The van der Waals surface area contributed by atoms with Crippen LogP contribution in [-0.4, -0.2) is 29.7 Å². The number of amides is 1. The van der Waals surface area contributed by atoms with Gasteiger partial charge >= 0.3 is 12.1 Å². The van der Waals surface area contributed by atoms with Crippen molar-refractivity contribution in [2.45, 2.75) is 13.1 Å². The molecule has 0 aliphatic rings. The van der Waals surface area contributed by atoms with Gasteiger partial charge in [0.15, 0.2) is 11.5 Å². The van der Waals surface area contributed by atoms with Gasteiger partial charge in [-0.1, -0.05) is 48.0 Å². The number of hydrazone groups is 1. The van der Waals surface area contributed by atoms with E-state index in [0.29, 0.717) is 21.7 Å². The Labute approximate surface area is 268 Å². The second-order valence-electron chi connectivity index (χ2n) is 9.32. The first-order chi connectivity index (χ1) is 21.1. The molecule has 5 rings (SSSR count). The number of fused-ring (bicyclic) bond motifs is 1. The lowest BCUT2D eigenvalue weighted by atomic mass is 10.0. The molecule has 0 unspecified atom stereocenters. The van der Waals surface area contributed by atoms with Crippen molar-refractivity contribution in [1.29, 1.82) is 0 Å². The number of esters is 1. The molecule has 0 bridgehead atoms. The Morgan fingerprint density at radius 3 is 2.52 bits per heavy atom. The summed E-state index contributed by atoms with van der Waals surface area (Å²) in [4.78, 5) is 29.2. The van der Waals surface area contributed by atoms with E-state index < -0.39 is 23.6 Å². The quantitative estimate of drug-likeness (QED) is 0.0551. The molecule has 0 radical (unpaired) electrons. The van der Waals surface area contributed by atoms with Crippen molar-refractivity contribution in [2.24, 2.45) is 5.10 Å². The van der Waals surface area contributed by atoms with Gasteiger partial charge in [-0.2, -0.15) is 18.3 Å². The number of alkyl halides is 3. The van der Waals surface area contributed by atoms with E-state index >= 15 is 0 Å². The Bertz CT molecular complexity index is 1910. The SMILES string of the molecule is CCOc1cc(C=NNC(=O)c2[nH]c3c(I)cccc3c2-c2ccccc2Cl)ccc1OC(=O)c1cccc(C(F)(F)F)c1. The van der Waals surface area contributed by atoms with Crippen LogP contribution in [0, 0.1) is 3.57 Å². The van der Waals surface area contributed by atoms with Gasteiger partial charge in [0.1, 0.15) is 5.69 Å². The van der Waals surface area contributed by atoms with Crippen molar-refractivity contribution in [1.82, 2.24) is 10.4 Å². The van der Waals surface area contributed by atoms with Gasteiger partial charge in [0, 0.05) is 25.1 Å². The number of aromatic nitrogens is 1. The minimum Gasteiger partial charge on any atom is -0.490 e. The molecule has 1 heterocycles. The maximum absolute atomic E-state index is 13.3. The summed E-state index contributed by atoms with van der Waals surface area (Å²) in [6.45, 7) is 1.94. The third-order valence-electron chi connectivity index (χ3n) is 6.43. The largest absolute Gasteiger partial charge is 0.490 e. The first-order valence-electron chi connectivity index (χ1n) is 13.1. The third-order valence-corrected chi connectivity index (χ3v) is 7.66. The van der Waals surface area contributed by atoms with Gasteiger partial charge in [0.25, 0.3) is 5.91 Å². The molecule has 1 aromatic heterocycles. The first kappa shape index (κ1) is 31.1. The van der Waals surface area contributed by atoms with Crippen molar-refractivity contribution >= 4 is 63.2 Å². The van der Waals surface area contributed by atoms with E-state index in [4.69, 9.17) is 21.1 Å². The van der Waals surface area contributed by atoms with Crippen LogP contribution in [0.15, 0.2) is 90.0 Å². The summed E-state index contributed by atoms with van der Waals surface area (Å²) >= 11 is 8.69. The van der Waals surface area contributed by atoms with Gasteiger partial charge in [-0.15, -0.1) is 0 Å². The maximum atomic E-state index is 13.3. The van der Waals surface area contributed by atoms with E-state index in [2.05, 4.69) is 38.1 Å². The van der Waals surface area contributed by atoms with Crippen LogP contribution in [0.25, 0.3) is 22.0 Å². The molecule has 0 spiro atoms. The van der Waals surface area contributed by atoms with Crippen LogP contribution in [0.4, 0.5) is 13.2 Å². The highest BCUT2D eigenvalue weighted by molar-refractivity contribution is 14.1. The van der Waals surface area contributed by atoms with Crippen molar-refractivity contribution in [3.05, 3.63) is 116 Å². The molecule has 44 heavy (non-hydrogen) atoms. The number of para-hydroxylation sites is 1. The second-order valence-corrected chi connectivity index (χ2v) is 10.9. The number of aromatic amines is 1. The summed E-state index contributed by atoms with van der Waals surface area (Å²) in [6, 6.07) is 21.4. The highest BCUT2D eigenvalue weighted by Gasteiger charge is 2.31. The fraction of sp³-hybridized carbons (Fsp3) is 0.0938.